The number of rotatable bonds is 1. The molecule has 2 aliphatic rings. The Hall–Kier alpha value is -0.520. The number of thiophene rings is 1. The zero-order valence-electron chi connectivity index (χ0n) is 11.2. The first-order valence-corrected chi connectivity index (χ1v) is 8.88. The zero-order valence-corrected chi connectivity index (χ0v) is 12.9. The van der Waals surface area contributed by atoms with E-state index >= 15 is 0 Å². The van der Waals surface area contributed by atoms with E-state index in [1.165, 1.54) is 16.2 Å². The molecule has 0 aliphatic carbocycles. The fraction of sp³-hybridized carbons (Fsp3) is 0.643. The zero-order chi connectivity index (χ0) is 13.4. The molecule has 2 atom stereocenters. The normalized spacial score (nSPS) is 27.2. The Morgan fingerprint density at radius 3 is 3.11 bits per heavy atom. The van der Waals surface area contributed by atoms with Crippen LogP contribution in [0.1, 0.15) is 39.9 Å². The molecule has 1 amide bonds. The summed E-state index contributed by atoms with van der Waals surface area (Å²) in [4.78, 5) is 17.0. The van der Waals surface area contributed by atoms with Crippen molar-refractivity contribution < 1.29 is 4.79 Å². The highest BCUT2D eigenvalue weighted by atomic mass is 32.2. The smallest absolute Gasteiger partial charge is 0.264 e. The number of nitrogens with two attached hydrogens (primary N) is 1. The van der Waals surface area contributed by atoms with E-state index in [-0.39, 0.29) is 18.0 Å². The highest BCUT2D eigenvalue weighted by Gasteiger charge is 2.29. The molecule has 104 valence electrons. The number of hydrogen-bond donors (Lipinski definition) is 1. The molecule has 3 nitrogen and oxygen atoms in total. The molecule has 1 aromatic heterocycles. The van der Waals surface area contributed by atoms with Crippen LogP contribution in [0.15, 0.2) is 6.07 Å². The Morgan fingerprint density at radius 2 is 2.37 bits per heavy atom. The van der Waals surface area contributed by atoms with Gasteiger partial charge in [0.25, 0.3) is 5.91 Å². The maximum Gasteiger partial charge on any atom is 0.264 e. The molecule has 3 heterocycles. The third kappa shape index (κ3) is 2.69. The van der Waals surface area contributed by atoms with Crippen LogP contribution in [0.4, 0.5) is 0 Å². The first-order chi connectivity index (χ1) is 9.15. The summed E-state index contributed by atoms with van der Waals surface area (Å²) in [6, 6.07) is 2.65. The molecule has 19 heavy (non-hydrogen) atoms. The van der Waals surface area contributed by atoms with E-state index in [0.29, 0.717) is 0 Å². The number of nitrogens with zero attached hydrogens (tertiary/aromatic N) is 1. The predicted molar refractivity (Wildman–Crippen MR) is 81.9 cm³/mol. The number of piperidine rings is 1. The van der Waals surface area contributed by atoms with Crippen molar-refractivity contribution in [2.45, 2.75) is 44.0 Å². The van der Waals surface area contributed by atoms with Crippen LogP contribution in [0.25, 0.3) is 0 Å². The van der Waals surface area contributed by atoms with Crippen molar-refractivity contribution in [1.82, 2.24) is 4.90 Å². The number of likely N-dealkylation sites (tertiary alicyclic amines) is 1. The Labute approximate surface area is 122 Å². The van der Waals surface area contributed by atoms with Gasteiger partial charge in [-0.1, -0.05) is 0 Å². The third-order valence-electron chi connectivity index (χ3n) is 4.02. The fourth-order valence-electron chi connectivity index (χ4n) is 2.90. The van der Waals surface area contributed by atoms with E-state index < -0.39 is 0 Å². The predicted octanol–water partition coefficient (Wildman–Crippen LogP) is 2.49. The van der Waals surface area contributed by atoms with Crippen molar-refractivity contribution >= 4 is 29.0 Å². The summed E-state index contributed by atoms with van der Waals surface area (Å²) in [5, 5.41) is 0. The Kier molecular flexibility index (Phi) is 3.87. The molecular formula is C14H20N2OS2. The van der Waals surface area contributed by atoms with Gasteiger partial charge in [0.2, 0.25) is 0 Å². The van der Waals surface area contributed by atoms with Crippen LogP contribution in [0.5, 0.6) is 0 Å². The molecule has 0 radical (unpaired) electrons. The lowest BCUT2D eigenvalue weighted by Gasteiger charge is -2.36. The fourth-order valence-corrected chi connectivity index (χ4v) is 5.23. The van der Waals surface area contributed by atoms with E-state index in [1.807, 2.05) is 16.7 Å². The SMILES string of the molecule is CC1CC(N)CCN1C(=O)c1cc2c(s1)CCSC2. The lowest BCUT2D eigenvalue weighted by Crippen LogP contribution is -2.48. The summed E-state index contributed by atoms with van der Waals surface area (Å²) in [7, 11) is 0. The van der Waals surface area contributed by atoms with E-state index in [2.05, 4.69) is 13.0 Å². The van der Waals surface area contributed by atoms with Gasteiger partial charge in [0.1, 0.15) is 0 Å². The van der Waals surface area contributed by atoms with Crippen molar-refractivity contribution in [3.63, 3.8) is 0 Å². The standard InChI is InChI=1S/C14H20N2OS2/c1-9-6-11(15)2-4-16(9)14(17)13-7-10-8-18-5-3-12(10)19-13/h7,9,11H,2-6,8,15H2,1H3. The monoisotopic (exact) mass is 296 g/mol. The van der Waals surface area contributed by atoms with Crippen molar-refractivity contribution in [1.29, 1.82) is 0 Å². The summed E-state index contributed by atoms with van der Waals surface area (Å²) in [5.41, 5.74) is 7.35. The molecule has 0 spiro atoms. The largest absolute Gasteiger partial charge is 0.335 e. The van der Waals surface area contributed by atoms with Gasteiger partial charge in [0.15, 0.2) is 0 Å². The van der Waals surface area contributed by atoms with Gasteiger partial charge >= 0.3 is 0 Å². The molecule has 0 saturated carbocycles. The first kappa shape index (κ1) is 13.5. The number of amides is 1. The highest BCUT2D eigenvalue weighted by Crippen LogP contribution is 2.33. The van der Waals surface area contributed by atoms with E-state index in [9.17, 15) is 4.79 Å². The van der Waals surface area contributed by atoms with Gasteiger partial charge in [-0.05, 0) is 43.6 Å². The summed E-state index contributed by atoms with van der Waals surface area (Å²) in [6.45, 7) is 2.92. The quantitative estimate of drug-likeness (QED) is 0.866. The van der Waals surface area contributed by atoms with E-state index in [0.717, 1.165) is 36.4 Å². The van der Waals surface area contributed by atoms with Crippen LogP contribution in [0.2, 0.25) is 0 Å². The minimum Gasteiger partial charge on any atom is -0.335 e. The van der Waals surface area contributed by atoms with Crippen LogP contribution < -0.4 is 5.73 Å². The Morgan fingerprint density at radius 1 is 1.53 bits per heavy atom. The molecule has 3 rings (SSSR count). The number of thioether (sulfide) groups is 1. The van der Waals surface area contributed by atoms with Crippen LogP contribution >= 0.6 is 23.1 Å². The van der Waals surface area contributed by atoms with Crippen molar-refractivity contribution in [3.8, 4) is 0 Å². The molecular weight excluding hydrogens is 276 g/mol. The molecule has 2 aliphatic heterocycles. The van der Waals surface area contributed by atoms with Crippen LogP contribution in [0.3, 0.4) is 0 Å². The second kappa shape index (κ2) is 5.46. The topological polar surface area (TPSA) is 46.3 Å². The first-order valence-electron chi connectivity index (χ1n) is 6.91. The van der Waals surface area contributed by atoms with Gasteiger partial charge in [-0.25, -0.2) is 0 Å². The lowest BCUT2D eigenvalue weighted by atomic mass is 9.99. The second-order valence-electron chi connectivity index (χ2n) is 5.49. The van der Waals surface area contributed by atoms with Crippen LogP contribution in [-0.4, -0.2) is 35.2 Å². The van der Waals surface area contributed by atoms with E-state index in [4.69, 9.17) is 5.73 Å². The highest BCUT2D eigenvalue weighted by molar-refractivity contribution is 7.98. The van der Waals surface area contributed by atoms with Gasteiger partial charge in [-0.2, -0.15) is 11.8 Å². The molecule has 0 aromatic carbocycles. The number of hydrogen-bond acceptors (Lipinski definition) is 4. The van der Waals surface area contributed by atoms with Crippen molar-refractivity contribution in [2.75, 3.05) is 12.3 Å². The molecule has 2 unspecified atom stereocenters. The summed E-state index contributed by atoms with van der Waals surface area (Å²) >= 11 is 3.67. The Bertz CT molecular complexity index is 462. The van der Waals surface area contributed by atoms with Crippen LogP contribution in [0, 0.1) is 0 Å². The minimum atomic E-state index is 0.212. The summed E-state index contributed by atoms with van der Waals surface area (Å²) < 4.78 is 0. The molecule has 1 aromatic rings. The number of carbonyl (C=O) groups excluding carboxylic acids is 1. The van der Waals surface area contributed by atoms with Gasteiger partial charge in [0.05, 0.1) is 4.88 Å². The molecule has 2 N–H and O–H groups in total. The van der Waals surface area contributed by atoms with Gasteiger partial charge in [-0.15, -0.1) is 11.3 Å². The van der Waals surface area contributed by atoms with Crippen LogP contribution in [-0.2, 0) is 12.2 Å². The Balaban J connectivity index is 1.78. The molecule has 1 fully saturated rings. The molecule has 0 bridgehead atoms. The lowest BCUT2D eigenvalue weighted by molar-refractivity contribution is 0.0624. The number of aryl methyl sites for hydroxylation is 1. The average molecular weight is 296 g/mol. The van der Waals surface area contributed by atoms with Crippen molar-refractivity contribution in [3.05, 3.63) is 21.4 Å². The van der Waals surface area contributed by atoms with E-state index in [1.54, 1.807) is 11.3 Å². The van der Waals surface area contributed by atoms with Gasteiger partial charge in [0, 0.05) is 29.3 Å². The molecule has 1 saturated heterocycles. The minimum absolute atomic E-state index is 0.212. The summed E-state index contributed by atoms with van der Waals surface area (Å²) in [6.07, 6.45) is 2.97. The average Bonchev–Trinajstić information content (AvgIpc) is 2.81. The van der Waals surface area contributed by atoms with Crippen molar-refractivity contribution in [2.24, 2.45) is 5.73 Å². The number of carbonyl (C=O) groups is 1. The maximum absolute atomic E-state index is 12.6. The second-order valence-corrected chi connectivity index (χ2v) is 7.74. The van der Waals surface area contributed by atoms with Gasteiger partial charge in [-0.3, -0.25) is 4.79 Å². The molecule has 5 heteroatoms. The maximum atomic E-state index is 12.6. The summed E-state index contributed by atoms with van der Waals surface area (Å²) in [5.74, 6) is 2.47. The van der Waals surface area contributed by atoms with Gasteiger partial charge < -0.3 is 10.6 Å². The number of fused-ring (bicyclic) bond motifs is 1. The third-order valence-corrected chi connectivity index (χ3v) is 6.25.